The van der Waals surface area contributed by atoms with Crippen LogP contribution in [0.25, 0.3) is 16.8 Å². The Balaban J connectivity index is 1.38. The Hall–Kier alpha value is -4.74. The lowest BCUT2D eigenvalue weighted by atomic mass is 9.85. The first-order valence-electron chi connectivity index (χ1n) is 13.7. The molecule has 1 amide bonds. The molecule has 2 bridgehead atoms. The van der Waals surface area contributed by atoms with Crippen LogP contribution < -0.4 is 11.5 Å². The number of Topliss-reactive ketones (excluding diaryl/α,β-unsaturated/α-hetero) is 1. The van der Waals surface area contributed by atoms with Crippen LogP contribution in [0.2, 0.25) is 0 Å². The number of rotatable bonds is 5. The molecular weight excluding hydrogens is 612 g/mol. The molecule has 45 heavy (non-hydrogen) atoms. The van der Waals surface area contributed by atoms with E-state index in [1.807, 2.05) is 0 Å². The van der Waals surface area contributed by atoms with Crippen LogP contribution in [0.15, 0.2) is 30.6 Å². The van der Waals surface area contributed by atoms with Crippen molar-refractivity contribution in [2.24, 2.45) is 0 Å². The van der Waals surface area contributed by atoms with Gasteiger partial charge in [0.15, 0.2) is 11.4 Å². The minimum Gasteiger partial charge on any atom is -0.383 e. The van der Waals surface area contributed by atoms with Crippen molar-refractivity contribution in [2.75, 3.05) is 11.5 Å². The van der Waals surface area contributed by atoms with Crippen LogP contribution in [0.3, 0.4) is 0 Å². The van der Waals surface area contributed by atoms with E-state index < -0.39 is 29.4 Å². The molecule has 0 unspecified atom stereocenters. The van der Waals surface area contributed by atoms with Crippen LogP contribution in [0.5, 0.6) is 0 Å². The smallest absolute Gasteiger partial charge is 0.383 e. The molecule has 12 nitrogen and oxygen atoms in total. The second-order valence-electron chi connectivity index (χ2n) is 11.2. The van der Waals surface area contributed by atoms with E-state index in [2.05, 4.69) is 20.3 Å². The van der Waals surface area contributed by atoms with Crippen LogP contribution in [0.4, 0.5) is 38.0 Å². The van der Waals surface area contributed by atoms with Gasteiger partial charge in [-0.15, -0.1) is 0 Å². The van der Waals surface area contributed by atoms with Gasteiger partial charge in [0.05, 0.1) is 23.1 Å². The van der Waals surface area contributed by atoms with Crippen LogP contribution in [0, 0.1) is 0 Å². The molecule has 6 heterocycles. The highest BCUT2D eigenvalue weighted by Gasteiger charge is 2.72. The van der Waals surface area contributed by atoms with E-state index in [9.17, 15) is 41.0 Å². The number of carbonyl (C=O) groups excluding carboxylic acids is 2. The number of hydrogen-bond donors (Lipinski definition) is 4. The van der Waals surface area contributed by atoms with E-state index in [-0.39, 0.29) is 63.6 Å². The fourth-order valence-electron chi connectivity index (χ4n) is 6.43. The van der Waals surface area contributed by atoms with E-state index in [0.717, 1.165) is 16.8 Å². The number of nitrogen functional groups attached to an aromatic ring is 2. The second kappa shape index (κ2) is 10.1. The summed E-state index contributed by atoms with van der Waals surface area (Å²) >= 11 is 0. The molecule has 0 aliphatic carbocycles. The first kappa shape index (κ1) is 30.3. The van der Waals surface area contributed by atoms with Gasteiger partial charge in [0.2, 0.25) is 0 Å². The third-order valence-corrected chi connectivity index (χ3v) is 8.51. The Labute approximate surface area is 249 Å². The predicted octanol–water partition coefficient (Wildman–Crippen LogP) is 3.74. The molecule has 2 aliphatic heterocycles. The Kier molecular flexibility index (Phi) is 6.83. The standard InChI is InChI=1S/C27H25F6N9O3/c1-11(43)20-21(13-6-14-3-4-15(7-13)41(14)24(44)17-8-19(34)40-39-17)38-23-16(10-37-42(23)22(20)35)12-2-5-18(36-9-12)25(45,26(28,29)30)27(31,32)33/h2,5,8-10,13-15,45H,3-4,6-7,35H2,1H3,(H3,34,39,40)/t13-,14-,15+. The van der Waals surface area contributed by atoms with Crippen molar-refractivity contribution < 1.29 is 41.0 Å². The van der Waals surface area contributed by atoms with Gasteiger partial charge in [-0.2, -0.15) is 41.1 Å². The highest BCUT2D eigenvalue weighted by Crippen LogP contribution is 2.50. The van der Waals surface area contributed by atoms with Crippen LogP contribution in [-0.2, 0) is 5.60 Å². The second-order valence-corrected chi connectivity index (χ2v) is 11.2. The van der Waals surface area contributed by atoms with E-state index in [1.54, 1.807) is 4.90 Å². The summed E-state index contributed by atoms with van der Waals surface area (Å²) in [6.07, 6.45) is -7.90. The number of halogens is 6. The van der Waals surface area contributed by atoms with Gasteiger partial charge in [0.1, 0.15) is 17.3 Å². The molecule has 6 rings (SSSR count). The minimum absolute atomic E-state index is 0.0354. The molecule has 0 aromatic carbocycles. The number of aromatic amines is 1. The van der Waals surface area contributed by atoms with Gasteiger partial charge in [-0.05, 0) is 38.7 Å². The maximum absolute atomic E-state index is 13.3. The molecule has 238 valence electrons. The van der Waals surface area contributed by atoms with Crippen molar-refractivity contribution in [2.45, 2.75) is 68.6 Å². The van der Waals surface area contributed by atoms with Gasteiger partial charge >= 0.3 is 12.4 Å². The maximum Gasteiger partial charge on any atom is 0.432 e. The number of ketones is 1. The van der Waals surface area contributed by atoms with E-state index in [0.29, 0.717) is 37.4 Å². The lowest BCUT2D eigenvalue weighted by Crippen LogP contribution is -2.54. The van der Waals surface area contributed by atoms with Crippen molar-refractivity contribution in [3.63, 3.8) is 0 Å². The third-order valence-electron chi connectivity index (χ3n) is 8.51. The number of carbonyl (C=O) groups is 2. The van der Waals surface area contributed by atoms with Crippen molar-refractivity contribution in [3.8, 4) is 11.1 Å². The fourth-order valence-corrected chi connectivity index (χ4v) is 6.43. The largest absolute Gasteiger partial charge is 0.432 e. The average Bonchev–Trinajstić information content (AvgIpc) is 3.66. The van der Waals surface area contributed by atoms with Crippen LogP contribution in [-0.4, -0.2) is 75.9 Å². The third kappa shape index (κ3) is 4.65. The van der Waals surface area contributed by atoms with Gasteiger partial charge in [0, 0.05) is 41.4 Å². The lowest BCUT2D eigenvalue weighted by molar-refractivity contribution is -0.377. The number of H-pyrrole nitrogens is 1. The number of nitrogens with two attached hydrogens (primary N) is 2. The summed E-state index contributed by atoms with van der Waals surface area (Å²) in [6.45, 7) is 1.31. The highest BCUT2D eigenvalue weighted by molar-refractivity contribution is 6.00. The monoisotopic (exact) mass is 637 g/mol. The summed E-state index contributed by atoms with van der Waals surface area (Å²) in [6, 6.07) is 2.42. The molecule has 0 saturated carbocycles. The van der Waals surface area contributed by atoms with Crippen molar-refractivity contribution in [1.82, 2.24) is 34.7 Å². The number of anilines is 2. The average molecular weight is 638 g/mol. The van der Waals surface area contributed by atoms with E-state index in [4.69, 9.17) is 16.5 Å². The van der Waals surface area contributed by atoms with E-state index in [1.165, 1.54) is 19.2 Å². The topological polar surface area (TPSA) is 181 Å². The summed E-state index contributed by atoms with van der Waals surface area (Å²) in [7, 11) is 0. The quantitative estimate of drug-likeness (QED) is 0.187. The number of alkyl halides is 6. The fraction of sp³-hybridized carbons (Fsp3) is 0.407. The van der Waals surface area contributed by atoms with Gasteiger partial charge < -0.3 is 21.5 Å². The Morgan fingerprint density at radius 2 is 1.67 bits per heavy atom. The number of aromatic nitrogens is 6. The Morgan fingerprint density at radius 3 is 2.18 bits per heavy atom. The Morgan fingerprint density at radius 1 is 1.02 bits per heavy atom. The molecule has 6 N–H and O–H groups in total. The number of piperidine rings is 1. The zero-order chi connectivity index (χ0) is 32.6. The normalized spacial score (nSPS) is 20.6. The van der Waals surface area contributed by atoms with Crippen LogP contribution in [0.1, 0.15) is 70.8 Å². The molecular formula is C27H25F6N9O3. The zero-order valence-corrected chi connectivity index (χ0v) is 23.3. The summed E-state index contributed by atoms with van der Waals surface area (Å²) < 4.78 is 81.2. The number of amides is 1. The molecule has 18 heteroatoms. The molecule has 2 aliphatic rings. The van der Waals surface area contributed by atoms with Crippen molar-refractivity contribution in [3.05, 3.63) is 53.2 Å². The minimum atomic E-state index is -6.09. The summed E-state index contributed by atoms with van der Waals surface area (Å²) in [5.41, 5.74) is 6.20. The number of fused-ring (bicyclic) bond motifs is 3. The predicted molar refractivity (Wildman–Crippen MR) is 145 cm³/mol. The summed E-state index contributed by atoms with van der Waals surface area (Å²) in [5.74, 6) is -0.839. The number of hydrogen-bond acceptors (Lipinski definition) is 9. The maximum atomic E-state index is 13.3. The number of nitrogens with one attached hydrogen (secondary N) is 1. The molecule has 2 fully saturated rings. The summed E-state index contributed by atoms with van der Waals surface area (Å²) in [5, 5.41) is 20.3. The highest BCUT2D eigenvalue weighted by atomic mass is 19.4. The SMILES string of the molecule is CC(=O)c1c([C@@H]2C[C@H]3CC[C@@H](C2)N3C(=O)c2cc(N)n[nH]2)nc2c(-c3ccc(C(O)(C(F)(F)F)C(F)(F)F)nc3)cnn2c1N. The van der Waals surface area contributed by atoms with Gasteiger partial charge in [-0.3, -0.25) is 19.7 Å². The number of aliphatic hydroxyl groups is 1. The molecule has 0 radical (unpaired) electrons. The lowest BCUT2D eigenvalue weighted by Gasteiger charge is -2.39. The zero-order valence-electron chi connectivity index (χ0n) is 23.3. The first-order valence-corrected chi connectivity index (χ1v) is 13.7. The van der Waals surface area contributed by atoms with Crippen molar-refractivity contribution >= 4 is 29.0 Å². The number of pyridine rings is 1. The molecule has 3 atom stereocenters. The summed E-state index contributed by atoms with van der Waals surface area (Å²) in [4.78, 5) is 35.9. The Bertz CT molecular complexity index is 1790. The molecule has 0 spiro atoms. The number of nitrogens with zero attached hydrogens (tertiary/aromatic N) is 6. The molecule has 4 aromatic heterocycles. The molecule has 4 aromatic rings. The molecule has 2 saturated heterocycles. The van der Waals surface area contributed by atoms with Gasteiger partial charge in [0.25, 0.3) is 11.5 Å². The first-order chi connectivity index (χ1) is 21.0. The van der Waals surface area contributed by atoms with E-state index >= 15 is 0 Å². The van der Waals surface area contributed by atoms with Crippen molar-refractivity contribution in [1.29, 1.82) is 0 Å². The van der Waals surface area contributed by atoms with Gasteiger partial charge in [-0.25, -0.2) is 4.98 Å². The van der Waals surface area contributed by atoms with Gasteiger partial charge in [-0.1, -0.05) is 6.07 Å². The van der Waals surface area contributed by atoms with Crippen LogP contribution >= 0.6 is 0 Å².